The summed E-state index contributed by atoms with van der Waals surface area (Å²) in [6, 6.07) is 9.72. The van der Waals surface area contributed by atoms with E-state index in [-0.39, 0.29) is 24.0 Å². The maximum Gasteiger partial charge on any atom is 0.203 e. The van der Waals surface area contributed by atoms with E-state index in [1.165, 1.54) is 0 Å². The van der Waals surface area contributed by atoms with E-state index in [2.05, 4.69) is 17.6 Å². The van der Waals surface area contributed by atoms with Crippen LogP contribution in [0, 0.1) is 0 Å². The summed E-state index contributed by atoms with van der Waals surface area (Å²) in [4.78, 5) is 4.69. The van der Waals surface area contributed by atoms with Crippen LogP contribution in [0.1, 0.15) is 31.4 Å². The van der Waals surface area contributed by atoms with E-state index in [0.29, 0.717) is 42.9 Å². The van der Waals surface area contributed by atoms with Gasteiger partial charge in [-0.2, -0.15) is 0 Å². The number of nitrogens with zero attached hydrogens (tertiary/aromatic N) is 1. The van der Waals surface area contributed by atoms with Gasteiger partial charge in [0.05, 0.1) is 41.6 Å². The number of methoxy groups -OCH3 is 4. The number of nitrogens with one attached hydrogen (secondary N) is 2. The van der Waals surface area contributed by atoms with E-state index in [9.17, 15) is 0 Å². The van der Waals surface area contributed by atoms with Gasteiger partial charge in [-0.1, -0.05) is 13.0 Å². The van der Waals surface area contributed by atoms with Crippen molar-refractivity contribution in [3.63, 3.8) is 0 Å². The van der Waals surface area contributed by atoms with Gasteiger partial charge >= 0.3 is 0 Å². The van der Waals surface area contributed by atoms with Crippen LogP contribution in [0.5, 0.6) is 28.7 Å². The fourth-order valence-electron chi connectivity index (χ4n) is 3.08. The second kappa shape index (κ2) is 15.3. The molecule has 0 radical (unpaired) electrons. The number of ether oxygens (including phenoxy) is 5. The van der Waals surface area contributed by atoms with Crippen LogP contribution in [0.3, 0.4) is 0 Å². The van der Waals surface area contributed by atoms with E-state index in [0.717, 1.165) is 35.6 Å². The first kappa shape index (κ1) is 28.5. The van der Waals surface area contributed by atoms with Crippen LogP contribution in [-0.2, 0) is 13.1 Å². The standard InChI is InChI=1S/C24H35N3O5.HI/c1-7-11-32-19-10-9-17(12-20(19)28-3)15-26-24(25-8-2)27-16-18-13-21(29-4)23(31-6)22(14-18)30-5;/h9-10,12-14H,7-8,11,15-16H2,1-6H3,(H2,25,26,27);1H. The average Bonchev–Trinajstić information content (AvgIpc) is 2.83. The third-order valence-corrected chi connectivity index (χ3v) is 4.64. The molecule has 2 rings (SSSR count). The molecule has 33 heavy (non-hydrogen) atoms. The maximum absolute atomic E-state index is 5.73. The largest absolute Gasteiger partial charge is 0.493 e. The summed E-state index contributed by atoms with van der Waals surface area (Å²) < 4.78 is 27.4. The lowest BCUT2D eigenvalue weighted by molar-refractivity contribution is 0.294. The second-order valence-corrected chi connectivity index (χ2v) is 6.92. The van der Waals surface area contributed by atoms with Gasteiger partial charge in [-0.25, -0.2) is 4.99 Å². The molecular formula is C24H36IN3O5. The van der Waals surface area contributed by atoms with Crippen LogP contribution < -0.4 is 34.3 Å². The molecule has 9 heteroatoms. The molecule has 0 amide bonds. The smallest absolute Gasteiger partial charge is 0.203 e. The van der Waals surface area contributed by atoms with Crippen molar-refractivity contribution in [2.45, 2.75) is 33.4 Å². The van der Waals surface area contributed by atoms with Gasteiger partial charge in [0.2, 0.25) is 5.75 Å². The summed E-state index contributed by atoms with van der Waals surface area (Å²) in [5.41, 5.74) is 2.00. The van der Waals surface area contributed by atoms with Crippen LogP contribution in [0.4, 0.5) is 0 Å². The van der Waals surface area contributed by atoms with E-state index in [1.54, 1.807) is 28.4 Å². The number of aliphatic imine (C=N–C) groups is 1. The number of hydrogen-bond acceptors (Lipinski definition) is 6. The number of rotatable bonds is 12. The van der Waals surface area contributed by atoms with Crippen LogP contribution in [0.25, 0.3) is 0 Å². The monoisotopic (exact) mass is 573 g/mol. The van der Waals surface area contributed by atoms with Crippen molar-refractivity contribution < 1.29 is 23.7 Å². The molecule has 2 aromatic carbocycles. The zero-order valence-electron chi connectivity index (χ0n) is 20.3. The van der Waals surface area contributed by atoms with Gasteiger partial charge < -0.3 is 34.3 Å². The van der Waals surface area contributed by atoms with E-state index < -0.39 is 0 Å². The number of guanidine groups is 1. The van der Waals surface area contributed by atoms with Crippen molar-refractivity contribution >= 4 is 29.9 Å². The Bertz CT molecular complexity index is 867. The van der Waals surface area contributed by atoms with Gasteiger partial charge in [0.15, 0.2) is 29.0 Å². The molecule has 8 nitrogen and oxygen atoms in total. The zero-order valence-corrected chi connectivity index (χ0v) is 22.6. The molecule has 2 N–H and O–H groups in total. The minimum Gasteiger partial charge on any atom is -0.493 e. The Balaban J connectivity index is 0.00000544. The maximum atomic E-state index is 5.73. The minimum atomic E-state index is 0. The molecule has 0 spiro atoms. The molecule has 0 aromatic heterocycles. The molecule has 0 aliphatic carbocycles. The first-order valence-electron chi connectivity index (χ1n) is 10.7. The number of halogens is 1. The van der Waals surface area contributed by atoms with Crippen molar-refractivity contribution in [3.05, 3.63) is 41.5 Å². The third kappa shape index (κ3) is 8.38. The Hall–Kier alpha value is -2.56. The van der Waals surface area contributed by atoms with E-state index in [4.69, 9.17) is 28.7 Å². The highest BCUT2D eigenvalue weighted by molar-refractivity contribution is 14.0. The van der Waals surface area contributed by atoms with Crippen molar-refractivity contribution in [1.82, 2.24) is 10.6 Å². The second-order valence-electron chi connectivity index (χ2n) is 6.92. The molecule has 0 aliphatic rings. The van der Waals surface area contributed by atoms with Gasteiger partial charge in [-0.3, -0.25) is 0 Å². The summed E-state index contributed by atoms with van der Waals surface area (Å²) in [6.45, 7) is 6.54. The summed E-state index contributed by atoms with van der Waals surface area (Å²) in [6.07, 6.45) is 0.945. The molecule has 0 heterocycles. The normalized spacial score (nSPS) is 10.7. The lowest BCUT2D eigenvalue weighted by atomic mass is 10.2. The Morgan fingerprint density at radius 1 is 0.788 bits per heavy atom. The Morgan fingerprint density at radius 2 is 1.42 bits per heavy atom. The molecule has 0 fully saturated rings. The lowest BCUT2D eigenvalue weighted by Gasteiger charge is -2.15. The predicted octanol–water partition coefficient (Wildman–Crippen LogP) is 4.38. The molecule has 0 atom stereocenters. The van der Waals surface area contributed by atoms with Crippen LogP contribution in [-0.4, -0.2) is 47.6 Å². The van der Waals surface area contributed by atoms with E-state index in [1.807, 2.05) is 37.3 Å². The molecule has 2 aromatic rings. The van der Waals surface area contributed by atoms with Crippen LogP contribution in [0.2, 0.25) is 0 Å². The summed E-state index contributed by atoms with van der Waals surface area (Å²) in [5, 5.41) is 6.62. The van der Waals surface area contributed by atoms with Gasteiger partial charge in [0, 0.05) is 13.1 Å². The fraction of sp³-hybridized carbons (Fsp3) is 0.458. The van der Waals surface area contributed by atoms with Gasteiger partial charge in [0.1, 0.15) is 0 Å². The first-order chi connectivity index (χ1) is 15.6. The van der Waals surface area contributed by atoms with Crippen LogP contribution >= 0.6 is 24.0 Å². The molecule has 0 aliphatic heterocycles. The quantitative estimate of drug-likeness (QED) is 0.222. The van der Waals surface area contributed by atoms with Crippen molar-refractivity contribution in [2.24, 2.45) is 4.99 Å². The van der Waals surface area contributed by atoms with Gasteiger partial charge in [-0.15, -0.1) is 24.0 Å². The van der Waals surface area contributed by atoms with Crippen molar-refractivity contribution in [3.8, 4) is 28.7 Å². The average molecular weight is 573 g/mol. The highest BCUT2D eigenvalue weighted by Gasteiger charge is 2.13. The van der Waals surface area contributed by atoms with E-state index >= 15 is 0 Å². The van der Waals surface area contributed by atoms with Crippen molar-refractivity contribution in [2.75, 3.05) is 41.6 Å². The Labute approximate surface area is 214 Å². The minimum absolute atomic E-state index is 0. The lowest BCUT2D eigenvalue weighted by Crippen LogP contribution is -2.36. The highest BCUT2D eigenvalue weighted by Crippen LogP contribution is 2.38. The summed E-state index contributed by atoms with van der Waals surface area (Å²) in [7, 11) is 6.43. The SMILES string of the molecule is CCCOc1ccc(CNC(=NCc2cc(OC)c(OC)c(OC)c2)NCC)cc1OC.I. The number of hydrogen-bond donors (Lipinski definition) is 2. The molecular weight excluding hydrogens is 537 g/mol. The van der Waals surface area contributed by atoms with Gasteiger partial charge in [0.25, 0.3) is 0 Å². The van der Waals surface area contributed by atoms with Gasteiger partial charge in [-0.05, 0) is 48.7 Å². The zero-order chi connectivity index (χ0) is 23.3. The molecule has 0 saturated carbocycles. The molecule has 0 bridgehead atoms. The first-order valence-corrected chi connectivity index (χ1v) is 10.7. The van der Waals surface area contributed by atoms with Crippen LogP contribution in [0.15, 0.2) is 35.3 Å². The topological polar surface area (TPSA) is 82.6 Å². The molecule has 184 valence electrons. The highest BCUT2D eigenvalue weighted by atomic mass is 127. The molecule has 0 unspecified atom stereocenters. The Morgan fingerprint density at radius 3 is 1.97 bits per heavy atom. The summed E-state index contributed by atoms with van der Waals surface area (Å²) in [5.74, 6) is 3.94. The number of benzene rings is 2. The molecule has 0 saturated heterocycles. The summed E-state index contributed by atoms with van der Waals surface area (Å²) >= 11 is 0. The Kier molecular flexibility index (Phi) is 13.2. The third-order valence-electron chi connectivity index (χ3n) is 4.64. The van der Waals surface area contributed by atoms with Crippen molar-refractivity contribution in [1.29, 1.82) is 0 Å². The fourth-order valence-corrected chi connectivity index (χ4v) is 3.08. The predicted molar refractivity (Wildman–Crippen MR) is 142 cm³/mol.